The van der Waals surface area contributed by atoms with Gasteiger partial charge in [-0.3, -0.25) is 9.59 Å². The molecule has 0 radical (unpaired) electrons. The lowest BCUT2D eigenvalue weighted by Crippen LogP contribution is -2.21. The van der Waals surface area contributed by atoms with Crippen molar-refractivity contribution in [3.05, 3.63) is 47.0 Å². The summed E-state index contributed by atoms with van der Waals surface area (Å²) in [5, 5.41) is 5.43. The van der Waals surface area contributed by atoms with Crippen LogP contribution in [0.25, 0.3) is 0 Å². The van der Waals surface area contributed by atoms with Crippen LogP contribution < -0.4 is 20.1 Å². The predicted molar refractivity (Wildman–Crippen MR) is 104 cm³/mol. The van der Waals surface area contributed by atoms with Gasteiger partial charge < -0.3 is 24.8 Å². The van der Waals surface area contributed by atoms with E-state index in [0.717, 1.165) is 0 Å². The number of rotatable bonds is 7. The monoisotopic (exact) mass is 406 g/mol. The maximum Gasteiger partial charge on any atom is 0.338 e. The van der Waals surface area contributed by atoms with Crippen LogP contribution in [0.1, 0.15) is 17.3 Å². The molecule has 0 fully saturated rings. The number of hydrogen-bond donors (Lipinski definition) is 2. The van der Waals surface area contributed by atoms with Crippen LogP contribution in [0.15, 0.2) is 36.4 Å². The molecule has 2 aromatic carbocycles. The summed E-state index contributed by atoms with van der Waals surface area (Å²) in [5.74, 6) is -0.729. The second kappa shape index (κ2) is 9.61. The van der Waals surface area contributed by atoms with Crippen LogP contribution in [0.5, 0.6) is 11.5 Å². The molecule has 0 bridgehead atoms. The van der Waals surface area contributed by atoms with Crippen LogP contribution >= 0.6 is 11.6 Å². The number of nitrogens with one attached hydrogen (secondary N) is 2. The van der Waals surface area contributed by atoms with E-state index < -0.39 is 18.5 Å². The van der Waals surface area contributed by atoms with Crippen molar-refractivity contribution in [2.75, 3.05) is 31.5 Å². The third-order valence-electron chi connectivity index (χ3n) is 3.52. The van der Waals surface area contributed by atoms with E-state index in [1.165, 1.54) is 45.4 Å². The maximum atomic E-state index is 12.1. The molecule has 2 rings (SSSR count). The quantitative estimate of drug-likeness (QED) is 0.685. The van der Waals surface area contributed by atoms with Crippen molar-refractivity contribution in [2.45, 2.75) is 6.92 Å². The van der Waals surface area contributed by atoms with Crippen molar-refractivity contribution >= 4 is 40.8 Å². The number of esters is 1. The van der Waals surface area contributed by atoms with Crippen molar-refractivity contribution in [1.29, 1.82) is 0 Å². The number of methoxy groups -OCH3 is 2. The molecule has 0 aliphatic carbocycles. The second-order valence-corrected chi connectivity index (χ2v) is 5.98. The Kier molecular flexibility index (Phi) is 7.22. The lowest BCUT2D eigenvalue weighted by Gasteiger charge is -2.13. The summed E-state index contributed by atoms with van der Waals surface area (Å²) in [6.07, 6.45) is 0. The van der Waals surface area contributed by atoms with E-state index in [1.807, 2.05) is 0 Å². The number of anilines is 2. The Morgan fingerprint density at radius 2 is 1.61 bits per heavy atom. The molecule has 0 unspecified atom stereocenters. The van der Waals surface area contributed by atoms with E-state index in [-0.39, 0.29) is 16.5 Å². The molecule has 2 amide bonds. The maximum absolute atomic E-state index is 12.1. The third-order valence-corrected chi connectivity index (χ3v) is 3.82. The summed E-state index contributed by atoms with van der Waals surface area (Å²) in [5.41, 5.74) is 1.10. The zero-order chi connectivity index (χ0) is 20.7. The first-order valence-corrected chi connectivity index (χ1v) is 8.48. The molecule has 0 heterocycles. The molecular formula is C19H19ClN2O6. The Hall–Kier alpha value is -3.26. The molecule has 0 aromatic heterocycles. The topological polar surface area (TPSA) is 103 Å². The Morgan fingerprint density at radius 3 is 2.18 bits per heavy atom. The highest BCUT2D eigenvalue weighted by Gasteiger charge is 2.15. The minimum Gasteiger partial charge on any atom is -0.495 e. The molecule has 148 valence electrons. The first-order valence-electron chi connectivity index (χ1n) is 8.10. The normalized spacial score (nSPS) is 10.0. The highest BCUT2D eigenvalue weighted by Crippen LogP contribution is 2.35. The van der Waals surface area contributed by atoms with Crippen LogP contribution in [0.4, 0.5) is 11.4 Å². The van der Waals surface area contributed by atoms with Gasteiger partial charge in [0.1, 0.15) is 11.5 Å². The number of amides is 2. The van der Waals surface area contributed by atoms with Gasteiger partial charge in [0.05, 0.1) is 30.5 Å². The standard InChI is InChI=1S/C19H19ClN2O6/c1-11(23)21-13-6-4-12(5-7-13)19(25)28-10-18(24)22-15-8-14(20)16(26-2)9-17(15)27-3/h4-9H,10H2,1-3H3,(H,21,23)(H,22,24). The largest absolute Gasteiger partial charge is 0.495 e. The van der Waals surface area contributed by atoms with E-state index in [1.54, 1.807) is 12.1 Å². The van der Waals surface area contributed by atoms with Crippen LogP contribution in [0.3, 0.4) is 0 Å². The second-order valence-electron chi connectivity index (χ2n) is 5.57. The van der Waals surface area contributed by atoms with Crippen LogP contribution in [0.2, 0.25) is 5.02 Å². The zero-order valence-electron chi connectivity index (χ0n) is 15.5. The van der Waals surface area contributed by atoms with Gasteiger partial charge in [-0.15, -0.1) is 0 Å². The molecule has 0 saturated carbocycles. The van der Waals surface area contributed by atoms with Crippen molar-refractivity contribution in [3.8, 4) is 11.5 Å². The summed E-state index contributed by atoms with van der Waals surface area (Å²) in [7, 11) is 2.89. The SMILES string of the molecule is COc1cc(OC)c(NC(=O)COC(=O)c2ccc(NC(C)=O)cc2)cc1Cl. The Morgan fingerprint density at radius 1 is 0.964 bits per heavy atom. The Bertz CT molecular complexity index is 883. The van der Waals surface area contributed by atoms with E-state index >= 15 is 0 Å². The molecular weight excluding hydrogens is 388 g/mol. The molecule has 8 nitrogen and oxygen atoms in total. The number of benzene rings is 2. The summed E-state index contributed by atoms with van der Waals surface area (Å²) < 4.78 is 15.3. The molecule has 0 atom stereocenters. The van der Waals surface area contributed by atoms with Crippen LogP contribution in [-0.4, -0.2) is 38.6 Å². The Balaban J connectivity index is 1.96. The van der Waals surface area contributed by atoms with Gasteiger partial charge in [-0.1, -0.05) is 11.6 Å². The smallest absolute Gasteiger partial charge is 0.338 e. The molecule has 28 heavy (non-hydrogen) atoms. The summed E-state index contributed by atoms with van der Waals surface area (Å²) in [6, 6.07) is 9.08. The molecule has 9 heteroatoms. The minimum absolute atomic E-state index is 0.221. The average molecular weight is 407 g/mol. The lowest BCUT2D eigenvalue weighted by atomic mass is 10.2. The summed E-state index contributed by atoms with van der Waals surface area (Å²) >= 11 is 6.05. The number of carbonyl (C=O) groups excluding carboxylic acids is 3. The van der Waals surface area contributed by atoms with E-state index in [4.69, 9.17) is 25.8 Å². The van der Waals surface area contributed by atoms with E-state index in [9.17, 15) is 14.4 Å². The van der Waals surface area contributed by atoms with E-state index in [0.29, 0.717) is 22.9 Å². The van der Waals surface area contributed by atoms with Gasteiger partial charge in [-0.2, -0.15) is 0 Å². The molecule has 2 aromatic rings. The van der Waals surface area contributed by atoms with Gasteiger partial charge in [0.2, 0.25) is 5.91 Å². The highest BCUT2D eigenvalue weighted by atomic mass is 35.5. The number of halogens is 1. The molecule has 0 aliphatic rings. The number of carbonyl (C=O) groups is 3. The lowest BCUT2D eigenvalue weighted by molar-refractivity contribution is -0.119. The molecule has 2 N–H and O–H groups in total. The molecule has 0 saturated heterocycles. The predicted octanol–water partition coefficient (Wildman–Crippen LogP) is 3.11. The van der Waals surface area contributed by atoms with E-state index in [2.05, 4.69) is 10.6 Å². The van der Waals surface area contributed by atoms with Crippen molar-refractivity contribution in [3.63, 3.8) is 0 Å². The van der Waals surface area contributed by atoms with Gasteiger partial charge in [-0.25, -0.2) is 4.79 Å². The fourth-order valence-corrected chi connectivity index (χ4v) is 2.49. The van der Waals surface area contributed by atoms with Crippen LogP contribution in [0, 0.1) is 0 Å². The van der Waals surface area contributed by atoms with Gasteiger partial charge in [0.25, 0.3) is 5.91 Å². The zero-order valence-corrected chi connectivity index (χ0v) is 16.3. The minimum atomic E-state index is -0.677. The van der Waals surface area contributed by atoms with Crippen LogP contribution in [-0.2, 0) is 14.3 Å². The fraction of sp³-hybridized carbons (Fsp3) is 0.211. The first-order chi connectivity index (χ1) is 13.3. The van der Waals surface area contributed by atoms with Gasteiger partial charge in [0.15, 0.2) is 6.61 Å². The van der Waals surface area contributed by atoms with Crippen molar-refractivity contribution < 1.29 is 28.6 Å². The summed E-state index contributed by atoms with van der Waals surface area (Å²) in [4.78, 5) is 35.1. The average Bonchev–Trinajstić information content (AvgIpc) is 2.66. The third kappa shape index (κ3) is 5.62. The molecule has 0 aliphatic heterocycles. The number of hydrogen-bond acceptors (Lipinski definition) is 6. The Labute approximate surface area is 166 Å². The molecule has 0 spiro atoms. The van der Waals surface area contributed by atoms with Crippen molar-refractivity contribution in [2.24, 2.45) is 0 Å². The first kappa shape index (κ1) is 21.0. The number of ether oxygens (including phenoxy) is 3. The van der Waals surface area contributed by atoms with Gasteiger partial charge in [-0.05, 0) is 30.3 Å². The fourth-order valence-electron chi connectivity index (χ4n) is 2.25. The summed E-state index contributed by atoms with van der Waals surface area (Å²) in [6.45, 7) is 0.880. The van der Waals surface area contributed by atoms with Gasteiger partial charge >= 0.3 is 5.97 Å². The van der Waals surface area contributed by atoms with Gasteiger partial charge in [0, 0.05) is 18.7 Å². The highest BCUT2D eigenvalue weighted by molar-refractivity contribution is 6.32. The van der Waals surface area contributed by atoms with Crippen molar-refractivity contribution in [1.82, 2.24) is 0 Å².